The molecule has 2 rings (SSSR count). The van der Waals surface area contributed by atoms with Crippen LogP contribution in [0.5, 0.6) is 0 Å². The minimum absolute atomic E-state index is 0.0286. The number of aliphatic hydroxyl groups excluding tert-OH is 1. The van der Waals surface area contributed by atoms with Crippen LogP contribution in [-0.2, 0) is 11.3 Å². The molecule has 5 heteroatoms. The number of aliphatic hydroxyl groups is 1. The van der Waals surface area contributed by atoms with E-state index < -0.39 is 0 Å². The van der Waals surface area contributed by atoms with Crippen LogP contribution in [0, 0.1) is 0 Å². The van der Waals surface area contributed by atoms with Gasteiger partial charge in [-0.05, 0) is 24.8 Å². The first-order chi connectivity index (χ1) is 9.72. The lowest BCUT2D eigenvalue weighted by Crippen LogP contribution is -2.54. The molecule has 20 heavy (non-hydrogen) atoms. The highest BCUT2D eigenvalue weighted by molar-refractivity contribution is 5.68. The molecular weight excluding hydrogens is 256 g/mol. The number of nitrogens with two attached hydrogens (primary N) is 1. The van der Waals surface area contributed by atoms with E-state index in [1.165, 1.54) is 0 Å². The smallest absolute Gasteiger partial charge is 0.410 e. The van der Waals surface area contributed by atoms with Crippen molar-refractivity contribution in [2.45, 2.75) is 38.0 Å². The summed E-state index contributed by atoms with van der Waals surface area (Å²) in [5, 5.41) is 9.11. The molecule has 1 aliphatic heterocycles. The summed E-state index contributed by atoms with van der Waals surface area (Å²) in [6.45, 7) is 0.935. The van der Waals surface area contributed by atoms with Crippen molar-refractivity contribution in [1.82, 2.24) is 4.90 Å². The van der Waals surface area contributed by atoms with E-state index in [1.54, 1.807) is 4.90 Å². The quantitative estimate of drug-likeness (QED) is 0.875. The molecule has 0 saturated carbocycles. The van der Waals surface area contributed by atoms with Crippen LogP contribution >= 0.6 is 0 Å². The summed E-state index contributed by atoms with van der Waals surface area (Å²) in [5.41, 5.74) is 7.00. The average molecular weight is 278 g/mol. The van der Waals surface area contributed by atoms with Crippen molar-refractivity contribution in [3.8, 4) is 0 Å². The van der Waals surface area contributed by atoms with E-state index >= 15 is 0 Å². The van der Waals surface area contributed by atoms with Crippen LogP contribution in [0.25, 0.3) is 0 Å². The Morgan fingerprint density at radius 1 is 1.40 bits per heavy atom. The van der Waals surface area contributed by atoms with E-state index in [4.69, 9.17) is 15.6 Å². The van der Waals surface area contributed by atoms with E-state index in [1.807, 2.05) is 30.3 Å². The molecule has 1 saturated heterocycles. The van der Waals surface area contributed by atoms with Crippen LogP contribution in [-0.4, -0.2) is 41.3 Å². The first-order valence-electron chi connectivity index (χ1n) is 7.06. The van der Waals surface area contributed by atoms with Gasteiger partial charge in [-0.1, -0.05) is 30.3 Å². The van der Waals surface area contributed by atoms with Gasteiger partial charge in [0, 0.05) is 19.2 Å². The highest BCUT2D eigenvalue weighted by Crippen LogP contribution is 2.20. The Balaban J connectivity index is 1.92. The predicted octanol–water partition coefficient (Wildman–Crippen LogP) is 1.50. The molecule has 3 N–H and O–H groups in total. The molecular formula is C15H22N2O3. The number of carbonyl (C=O) groups excluding carboxylic acids is 1. The Morgan fingerprint density at radius 3 is 2.85 bits per heavy atom. The molecule has 2 atom stereocenters. The third kappa shape index (κ3) is 3.71. The van der Waals surface area contributed by atoms with Gasteiger partial charge < -0.3 is 20.5 Å². The number of nitrogens with zero attached hydrogens (tertiary/aromatic N) is 1. The van der Waals surface area contributed by atoms with Crippen LogP contribution in [0.2, 0.25) is 0 Å². The Hall–Kier alpha value is -1.59. The largest absolute Gasteiger partial charge is 0.445 e. The molecule has 1 amide bonds. The number of carbonyl (C=O) groups is 1. The number of ether oxygens (including phenoxy) is 1. The lowest BCUT2D eigenvalue weighted by Gasteiger charge is -2.38. The van der Waals surface area contributed by atoms with Gasteiger partial charge in [0.05, 0.1) is 6.04 Å². The summed E-state index contributed by atoms with van der Waals surface area (Å²) in [6.07, 6.45) is 1.92. The molecule has 0 unspecified atom stereocenters. The van der Waals surface area contributed by atoms with Crippen molar-refractivity contribution < 1.29 is 14.6 Å². The molecule has 1 fully saturated rings. The summed E-state index contributed by atoms with van der Waals surface area (Å²) in [7, 11) is 0. The van der Waals surface area contributed by atoms with Crippen LogP contribution in [0.4, 0.5) is 4.79 Å². The Labute approximate surface area is 119 Å². The third-order valence-electron chi connectivity index (χ3n) is 3.70. The second-order valence-corrected chi connectivity index (χ2v) is 5.12. The van der Waals surface area contributed by atoms with E-state index in [-0.39, 0.29) is 31.4 Å². The normalized spacial score (nSPS) is 22.6. The molecule has 0 bridgehead atoms. The number of rotatable bonds is 4. The fraction of sp³-hybridized carbons (Fsp3) is 0.533. The highest BCUT2D eigenvalue weighted by Gasteiger charge is 2.32. The van der Waals surface area contributed by atoms with E-state index in [0.29, 0.717) is 13.0 Å². The van der Waals surface area contributed by atoms with Crippen molar-refractivity contribution >= 4 is 6.09 Å². The maximum Gasteiger partial charge on any atom is 0.410 e. The second-order valence-electron chi connectivity index (χ2n) is 5.12. The summed E-state index contributed by atoms with van der Waals surface area (Å²) < 4.78 is 5.34. The van der Waals surface area contributed by atoms with Gasteiger partial charge in [0.1, 0.15) is 6.61 Å². The zero-order chi connectivity index (χ0) is 14.4. The number of benzene rings is 1. The lowest BCUT2D eigenvalue weighted by molar-refractivity contribution is 0.0545. The van der Waals surface area contributed by atoms with Crippen molar-refractivity contribution in [3.05, 3.63) is 35.9 Å². The lowest BCUT2D eigenvalue weighted by atomic mass is 9.95. The van der Waals surface area contributed by atoms with Crippen molar-refractivity contribution in [3.63, 3.8) is 0 Å². The van der Waals surface area contributed by atoms with Crippen molar-refractivity contribution in [1.29, 1.82) is 0 Å². The fourth-order valence-electron chi connectivity index (χ4n) is 2.62. The minimum Gasteiger partial charge on any atom is -0.445 e. The molecule has 1 aromatic rings. The van der Waals surface area contributed by atoms with Gasteiger partial charge in [0.25, 0.3) is 0 Å². The van der Waals surface area contributed by atoms with Gasteiger partial charge in [-0.2, -0.15) is 0 Å². The van der Waals surface area contributed by atoms with Crippen LogP contribution in [0.1, 0.15) is 24.8 Å². The van der Waals surface area contributed by atoms with E-state index in [9.17, 15) is 4.79 Å². The first-order valence-corrected chi connectivity index (χ1v) is 7.06. The molecule has 0 radical (unpaired) electrons. The number of likely N-dealkylation sites (tertiary alicyclic amines) is 1. The molecule has 1 aliphatic rings. The topological polar surface area (TPSA) is 75.8 Å². The zero-order valence-corrected chi connectivity index (χ0v) is 11.6. The monoisotopic (exact) mass is 278 g/mol. The summed E-state index contributed by atoms with van der Waals surface area (Å²) in [4.78, 5) is 13.8. The molecule has 5 nitrogen and oxygen atoms in total. The van der Waals surface area contributed by atoms with E-state index in [2.05, 4.69) is 0 Å². The Bertz CT molecular complexity index is 424. The Kier molecular flexibility index (Phi) is 5.38. The minimum atomic E-state index is -0.345. The Morgan fingerprint density at radius 2 is 2.15 bits per heavy atom. The van der Waals surface area contributed by atoms with Crippen molar-refractivity contribution in [2.24, 2.45) is 5.73 Å². The fourth-order valence-corrected chi connectivity index (χ4v) is 2.62. The summed E-state index contributed by atoms with van der Waals surface area (Å²) >= 11 is 0. The average Bonchev–Trinajstić information content (AvgIpc) is 2.48. The summed E-state index contributed by atoms with van der Waals surface area (Å²) in [5.74, 6) is 0. The zero-order valence-electron chi connectivity index (χ0n) is 11.6. The maximum absolute atomic E-state index is 12.2. The number of piperidine rings is 1. The van der Waals surface area contributed by atoms with Gasteiger partial charge in [0.15, 0.2) is 0 Å². The molecule has 0 spiro atoms. The first kappa shape index (κ1) is 14.8. The summed E-state index contributed by atoms with van der Waals surface area (Å²) in [6, 6.07) is 9.37. The molecule has 1 aromatic carbocycles. The molecule has 110 valence electrons. The van der Waals surface area contributed by atoms with Gasteiger partial charge >= 0.3 is 6.09 Å². The van der Waals surface area contributed by atoms with Crippen LogP contribution in [0.3, 0.4) is 0 Å². The number of hydrogen-bond donors (Lipinski definition) is 2. The molecule has 0 aliphatic carbocycles. The SMILES string of the molecule is N[C@H]1CCCN(C(=O)OCc2ccccc2)[C@@H]1CCO. The third-order valence-corrected chi connectivity index (χ3v) is 3.70. The standard InChI is InChI=1S/C15H22N2O3/c16-13-7-4-9-17(14(13)8-10-18)15(19)20-11-12-5-2-1-3-6-12/h1-3,5-6,13-14,18H,4,7-11,16H2/t13-,14+/m0/s1. The van der Waals surface area contributed by atoms with Gasteiger partial charge in [0.2, 0.25) is 0 Å². The predicted molar refractivity (Wildman–Crippen MR) is 76.0 cm³/mol. The maximum atomic E-state index is 12.2. The van der Waals surface area contributed by atoms with Gasteiger partial charge in [-0.15, -0.1) is 0 Å². The number of amides is 1. The van der Waals surface area contributed by atoms with Crippen molar-refractivity contribution in [2.75, 3.05) is 13.2 Å². The van der Waals surface area contributed by atoms with Gasteiger partial charge in [-0.3, -0.25) is 0 Å². The van der Waals surface area contributed by atoms with Crippen LogP contribution in [0.15, 0.2) is 30.3 Å². The number of hydrogen-bond acceptors (Lipinski definition) is 4. The molecule has 0 aromatic heterocycles. The van der Waals surface area contributed by atoms with Crippen LogP contribution < -0.4 is 5.73 Å². The van der Waals surface area contributed by atoms with E-state index in [0.717, 1.165) is 18.4 Å². The second kappa shape index (κ2) is 7.26. The molecule has 1 heterocycles. The highest BCUT2D eigenvalue weighted by atomic mass is 16.6. The van der Waals surface area contributed by atoms with Gasteiger partial charge in [-0.25, -0.2) is 4.79 Å².